The minimum absolute atomic E-state index is 0.287. The second-order valence-corrected chi connectivity index (χ2v) is 6.17. The number of aromatic nitrogens is 3. The summed E-state index contributed by atoms with van der Waals surface area (Å²) in [6, 6.07) is 21.2. The largest absolute Gasteiger partial charge is 0.338 e. The quantitative estimate of drug-likeness (QED) is 0.555. The molecule has 2 aromatic heterocycles. The van der Waals surface area contributed by atoms with Crippen molar-refractivity contribution in [2.24, 2.45) is 0 Å². The van der Waals surface area contributed by atoms with Crippen molar-refractivity contribution in [3.63, 3.8) is 0 Å². The van der Waals surface area contributed by atoms with Crippen LogP contribution in [0.3, 0.4) is 0 Å². The molecule has 0 bridgehead atoms. The summed E-state index contributed by atoms with van der Waals surface area (Å²) in [5.41, 5.74) is 5.00. The van der Waals surface area contributed by atoms with E-state index in [1.807, 2.05) is 67.6 Å². The molecule has 2 amide bonds. The van der Waals surface area contributed by atoms with Crippen molar-refractivity contribution in [3.8, 4) is 22.5 Å². The highest BCUT2D eigenvalue weighted by atomic mass is 16.2. The molecule has 0 saturated heterocycles. The zero-order valence-corrected chi connectivity index (χ0v) is 15.4. The molecule has 0 spiro atoms. The first-order chi connectivity index (χ1) is 13.8. The van der Waals surface area contributed by atoms with Gasteiger partial charge < -0.3 is 10.6 Å². The Morgan fingerprint density at radius 1 is 0.857 bits per heavy atom. The second-order valence-electron chi connectivity index (χ2n) is 6.17. The van der Waals surface area contributed by atoms with E-state index in [2.05, 4.69) is 15.6 Å². The van der Waals surface area contributed by atoms with Gasteiger partial charge in [0.2, 0.25) is 0 Å². The van der Waals surface area contributed by atoms with Crippen LogP contribution in [0.15, 0.2) is 72.9 Å². The van der Waals surface area contributed by atoms with Crippen LogP contribution >= 0.6 is 0 Å². The average Bonchev–Trinajstić information content (AvgIpc) is 2.74. The molecule has 28 heavy (non-hydrogen) atoms. The summed E-state index contributed by atoms with van der Waals surface area (Å²) in [6.07, 6.45) is 1.62. The summed E-state index contributed by atoms with van der Waals surface area (Å²) in [4.78, 5) is 26.0. The van der Waals surface area contributed by atoms with Crippen LogP contribution in [0.25, 0.3) is 33.7 Å². The lowest BCUT2D eigenvalue weighted by molar-refractivity contribution is 0.252. The number of nitrogens with zero attached hydrogens (tertiary/aromatic N) is 3. The van der Waals surface area contributed by atoms with Crippen LogP contribution in [0.4, 0.5) is 10.5 Å². The van der Waals surface area contributed by atoms with Gasteiger partial charge in [0.05, 0.1) is 17.1 Å². The number of fused-ring (bicyclic) bond motifs is 1. The third-order valence-electron chi connectivity index (χ3n) is 4.25. The van der Waals surface area contributed by atoms with Crippen LogP contribution in [-0.2, 0) is 0 Å². The van der Waals surface area contributed by atoms with Crippen molar-refractivity contribution in [3.05, 3.63) is 72.9 Å². The Balaban J connectivity index is 1.93. The van der Waals surface area contributed by atoms with Gasteiger partial charge in [-0.05, 0) is 13.0 Å². The third-order valence-corrected chi connectivity index (χ3v) is 4.25. The van der Waals surface area contributed by atoms with E-state index in [1.54, 1.807) is 12.3 Å². The van der Waals surface area contributed by atoms with Gasteiger partial charge in [-0.3, -0.25) is 0 Å². The van der Waals surface area contributed by atoms with Crippen LogP contribution in [0.5, 0.6) is 0 Å². The highest BCUT2D eigenvalue weighted by Crippen LogP contribution is 2.32. The van der Waals surface area contributed by atoms with E-state index in [-0.39, 0.29) is 6.03 Å². The summed E-state index contributed by atoms with van der Waals surface area (Å²) < 4.78 is 0. The van der Waals surface area contributed by atoms with E-state index in [0.29, 0.717) is 23.4 Å². The Hall–Kier alpha value is -3.80. The fourth-order valence-electron chi connectivity index (χ4n) is 2.98. The minimum Gasteiger partial charge on any atom is -0.338 e. The molecule has 0 unspecified atom stereocenters. The molecule has 0 aliphatic rings. The second kappa shape index (κ2) is 7.84. The molecule has 0 atom stereocenters. The minimum atomic E-state index is -0.287. The van der Waals surface area contributed by atoms with Gasteiger partial charge in [-0.15, -0.1) is 0 Å². The summed E-state index contributed by atoms with van der Waals surface area (Å²) in [5, 5.41) is 5.55. The number of pyridine rings is 1. The van der Waals surface area contributed by atoms with Crippen molar-refractivity contribution in [1.82, 2.24) is 20.3 Å². The topological polar surface area (TPSA) is 79.8 Å². The van der Waals surface area contributed by atoms with Crippen molar-refractivity contribution in [2.75, 3.05) is 11.9 Å². The van der Waals surface area contributed by atoms with Crippen LogP contribution in [0, 0.1) is 0 Å². The van der Waals surface area contributed by atoms with E-state index in [1.165, 1.54) is 0 Å². The number of amides is 2. The molecule has 2 aromatic carbocycles. The Labute approximate surface area is 162 Å². The maximum absolute atomic E-state index is 12.0. The monoisotopic (exact) mass is 369 g/mol. The molecule has 4 rings (SSSR count). The van der Waals surface area contributed by atoms with E-state index in [9.17, 15) is 4.79 Å². The van der Waals surface area contributed by atoms with Crippen molar-refractivity contribution >= 4 is 22.9 Å². The molecule has 138 valence electrons. The lowest BCUT2D eigenvalue weighted by Gasteiger charge is -2.13. The molecule has 0 radical (unpaired) electrons. The number of rotatable bonds is 4. The Kier molecular flexibility index (Phi) is 4.93. The number of urea groups is 1. The van der Waals surface area contributed by atoms with Crippen LogP contribution in [0.1, 0.15) is 6.92 Å². The summed E-state index contributed by atoms with van der Waals surface area (Å²) in [6.45, 7) is 2.40. The number of carbonyl (C=O) groups is 1. The van der Waals surface area contributed by atoms with Gasteiger partial charge >= 0.3 is 6.03 Å². The SMILES string of the molecule is CCNC(=O)Nc1ccnc2nc(-c3ccccc3)c(-c3ccccc3)nc12. The molecule has 4 aromatic rings. The number of hydrogen-bond donors (Lipinski definition) is 2. The van der Waals surface area contributed by atoms with Gasteiger partial charge in [-0.1, -0.05) is 60.7 Å². The zero-order valence-electron chi connectivity index (χ0n) is 15.4. The van der Waals surface area contributed by atoms with Gasteiger partial charge in [-0.25, -0.2) is 19.7 Å². The van der Waals surface area contributed by atoms with Gasteiger partial charge in [-0.2, -0.15) is 0 Å². The number of anilines is 1. The molecule has 0 aliphatic heterocycles. The third kappa shape index (κ3) is 3.53. The highest BCUT2D eigenvalue weighted by molar-refractivity contribution is 5.99. The molecule has 2 heterocycles. The molecule has 6 heteroatoms. The fourth-order valence-corrected chi connectivity index (χ4v) is 2.98. The normalized spacial score (nSPS) is 10.6. The van der Waals surface area contributed by atoms with E-state index < -0.39 is 0 Å². The van der Waals surface area contributed by atoms with Gasteiger partial charge in [0, 0.05) is 23.9 Å². The average molecular weight is 369 g/mol. The Bertz CT molecular complexity index is 1110. The number of nitrogens with one attached hydrogen (secondary N) is 2. The van der Waals surface area contributed by atoms with Gasteiger partial charge in [0.25, 0.3) is 0 Å². The van der Waals surface area contributed by atoms with Crippen molar-refractivity contribution in [1.29, 1.82) is 0 Å². The first-order valence-electron chi connectivity index (χ1n) is 9.08. The number of carbonyl (C=O) groups excluding carboxylic acids is 1. The number of hydrogen-bond acceptors (Lipinski definition) is 4. The lowest BCUT2D eigenvalue weighted by atomic mass is 10.0. The van der Waals surface area contributed by atoms with Crippen molar-refractivity contribution < 1.29 is 4.79 Å². The molecule has 0 aliphatic carbocycles. The predicted molar refractivity (Wildman–Crippen MR) is 111 cm³/mol. The van der Waals surface area contributed by atoms with E-state index in [4.69, 9.17) is 9.97 Å². The summed E-state index contributed by atoms with van der Waals surface area (Å²) >= 11 is 0. The maximum Gasteiger partial charge on any atom is 0.319 e. The maximum atomic E-state index is 12.0. The standard InChI is InChI=1S/C22H19N5O/c1-2-23-22(28)25-17-13-14-24-21-20(17)26-18(15-9-5-3-6-10-15)19(27-21)16-11-7-4-8-12-16/h3-14H,2H2,1H3,(H2,23,24,25,27,28). The summed E-state index contributed by atoms with van der Waals surface area (Å²) in [5.74, 6) is 0. The summed E-state index contributed by atoms with van der Waals surface area (Å²) in [7, 11) is 0. The molecule has 2 N–H and O–H groups in total. The lowest BCUT2D eigenvalue weighted by Crippen LogP contribution is -2.28. The Morgan fingerprint density at radius 2 is 1.46 bits per heavy atom. The highest BCUT2D eigenvalue weighted by Gasteiger charge is 2.16. The van der Waals surface area contributed by atoms with Crippen molar-refractivity contribution in [2.45, 2.75) is 6.92 Å². The molecule has 0 saturated carbocycles. The van der Waals surface area contributed by atoms with Crippen LogP contribution in [0.2, 0.25) is 0 Å². The van der Waals surface area contributed by atoms with Crippen LogP contribution in [-0.4, -0.2) is 27.5 Å². The predicted octanol–water partition coefficient (Wildman–Crippen LogP) is 4.50. The number of benzene rings is 2. The smallest absolute Gasteiger partial charge is 0.319 e. The molecule has 6 nitrogen and oxygen atoms in total. The Morgan fingerprint density at radius 3 is 2.07 bits per heavy atom. The van der Waals surface area contributed by atoms with E-state index >= 15 is 0 Å². The molecule has 0 fully saturated rings. The first kappa shape index (κ1) is 17.6. The van der Waals surface area contributed by atoms with Crippen LogP contribution < -0.4 is 10.6 Å². The molecular weight excluding hydrogens is 350 g/mol. The molecular formula is C22H19N5O. The zero-order chi connectivity index (χ0) is 19.3. The fraction of sp³-hybridized carbons (Fsp3) is 0.0909. The van der Waals surface area contributed by atoms with Gasteiger partial charge in [0.15, 0.2) is 5.65 Å². The van der Waals surface area contributed by atoms with Gasteiger partial charge in [0.1, 0.15) is 5.52 Å². The van der Waals surface area contributed by atoms with E-state index in [0.717, 1.165) is 22.5 Å². The first-order valence-corrected chi connectivity index (χ1v) is 9.08.